The molecule has 0 fully saturated rings. The highest BCUT2D eigenvalue weighted by Crippen LogP contribution is 2.30. The molecule has 0 unspecified atom stereocenters. The first kappa shape index (κ1) is 15.5. The molecule has 0 spiro atoms. The molecular weight excluding hydrogens is 336 g/mol. The van der Waals surface area contributed by atoms with E-state index in [1.165, 1.54) is 16.4 Å². The fraction of sp³-hybridized carbons (Fsp3) is 0.118. The topological polar surface area (TPSA) is 83.3 Å². The van der Waals surface area contributed by atoms with Crippen molar-refractivity contribution in [3.05, 3.63) is 60.6 Å². The zero-order valence-corrected chi connectivity index (χ0v) is 14.3. The number of hydrogen-bond acceptors (Lipinski definition) is 6. The summed E-state index contributed by atoms with van der Waals surface area (Å²) < 4.78 is 8.84. The van der Waals surface area contributed by atoms with Crippen molar-refractivity contribution in [2.45, 2.75) is 10.9 Å². The summed E-state index contributed by atoms with van der Waals surface area (Å²) in [6.45, 7) is 0. The van der Waals surface area contributed by atoms with E-state index in [0.717, 1.165) is 16.9 Å². The molecule has 7 nitrogen and oxygen atoms in total. The molecule has 8 heteroatoms. The first-order chi connectivity index (χ1) is 12.3. The van der Waals surface area contributed by atoms with Crippen LogP contribution >= 0.6 is 11.8 Å². The lowest BCUT2D eigenvalue weighted by Gasteiger charge is -2.07. The number of methoxy groups -OCH3 is 1. The van der Waals surface area contributed by atoms with Gasteiger partial charge in [-0.25, -0.2) is 9.66 Å². The Balaban J connectivity index is 1.57. The molecule has 0 aliphatic carbocycles. The number of rotatable bonds is 5. The minimum atomic E-state index is 0.565. The number of para-hydroxylation sites is 1. The largest absolute Gasteiger partial charge is 0.496 e. The quantitative estimate of drug-likeness (QED) is 0.439. The van der Waals surface area contributed by atoms with E-state index in [1.807, 2.05) is 59.3 Å². The first-order valence-corrected chi connectivity index (χ1v) is 8.64. The van der Waals surface area contributed by atoms with Crippen molar-refractivity contribution in [1.29, 1.82) is 0 Å². The first-order valence-electron chi connectivity index (χ1n) is 7.65. The maximum absolute atomic E-state index is 6.19. The van der Waals surface area contributed by atoms with Crippen LogP contribution in [0.5, 0.6) is 5.75 Å². The van der Waals surface area contributed by atoms with Gasteiger partial charge < -0.3 is 15.0 Å². The lowest BCUT2D eigenvalue weighted by atomic mass is 10.2. The van der Waals surface area contributed by atoms with Crippen LogP contribution in [0.15, 0.2) is 60.0 Å². The molecule has 3 aromatic heterocycles. The summed E-state index contributed by atoms with van der Waals surface area (Å²) in [6, 6.07) is 13.5. The van der Waals surface area contributed by atoms with Gasteiger partial charge in [0.25, 0.3) is 0 Å². The monoisotopic (exact) mass is 352 g/mol. The van der Waals surface area contributed by atoms with Crippen LogP contribution < -0.4 is 10.6 Å². The summed E-state index contributed by atoms with van der Waals surface area (Å²) in [5.74, 6) is 8.12. The number of thioether (sulfide) groups is 1. The van der Waals surface area contributed by atoms with Crippen LogP contribution in [-0.2, 0) is 5.75 Å². The zero-order chi connectivity index (χ0) is 17.2. The van der Waals surface area contributed by atoms with Crippen LogP contribution in [0.25, 0.3) is 17.0 Å². The molecule has 0 saturated carbocycles. The van der Waals surface area contributed by atoms with E-state index in [1.54, 1.807) is 7.11 Å². The lowest BCUT2D eigenvalue weighted by molar-refractivity contribution is 0.416. The number of hydrogen-bond donors (Lipinski definition) is 1. The van der Waals surface area contributed by atoms with Crippen LogP contribution in [0, 0.1) is 0 Å². The highest BCUT2D eigenvalue weighted by atomic mass is 32.2. The smallest absolute Gasteiger partial charge is 0.210 e. The standard InChI is InChI=1S/C17H16N6OS/c1-24-14-7-3-2-6-13(14)16-20-21-17(23(16)18)25-11-12-10-22-9-5-4-8-15(22)19-12/h2-10H,11,18H2,1H3. The molecule has 4 rings (SSSR count). The van der Waals surface area contributed by atoms with E-state index < -0.39 is 0 Å². The van der Waals surface area contributed by atoms with E-state index in [9.17, 15) is 0 Å². The van der Waals surface area contributed by atoms with Gasteiger partial charge in [0.15, 0.2) is 5.82 Å². The number of nitrogens with zero attached hydrogens (tertiary/aromatic N) is 5. The summed E-state index contributed by atoms with van der Waals surface area (Å²) in [5.41, 5.74) is 2.68. The molecule has 3 heterocycles. The van der Waals surface area contributed by atoms with Crippen LogP contribution in [0.3, 0.4) is 0 Å². The fourth-order valence-corrected chi connectivity index (χ4v) is 3.32. The molecule has 0 atom stereocenters. The molecule has 0 radical (unpaired) electrons. The van der Waals surface area contributed by atoms with Crippen LogP contribution in [0.2, 0.25) is 0 Å². The number of nitrogens with two attached hydrogens (primary N) is 1. The number of benzene rings is 1. The van der Waals surface area contributed by atoms with Crippen LogP contribution in [-0.4, -0.2) is 31.4 Å². The van der Waals surface area contributed by atoms with Crippen molar-refractivity contribution >= 4 is 17.4 Å². The van der Waals surface area contributed by atoms with Crippen molar-refractivity contribution in [3.63, 3.8) is 0 Å². The molecule has 1 aromatic carbocycles. The number of pyridine rings is 1. The molecule has 0 amide bonds. The van der Waals surface area contributed by atoms with Gasteiger partial charge in [-0.3, -0.25) is 0 Å². The van der Waals surface area contributed by atoms with Gasteiger partial charge in [0, 0.05) is 18.1 Å². The van der Waals surface area contributed by atoms with Crippen LogP contribution in [0.4, 0.5) is 0 Å². The number of ether oxygens (including phenoxy) is 1. The Morgan fingerprint density at radius 3 is 2.80 bits per heavy atom. The number of nitrogen functional groups attached to an aromatic ring is 1. The Morgan fingerprint density at radius 2 is 1.96 bits per heavy atom. The number of imidazole rings is 1. The van der Waals surface area contributed by atoms with Gasteiger partial charge in [0.1, 0.15) is 11.4 Å². The maximum atomic E-state index is 6.19. The van der Waals surface area contributed by atoms with Crippen molar-refractivity contribution in [2.75, 3.05) is 13.0 Å². The fourth-order valence-electron chi connectivity index (χ4n) is 2.58. The minimum absolute atomic E-state index is 0.565. The molecule has 4 aromatic rings. The van der Waals surface area contributed by atoms with Crippen molar-refractivity contribution in [1.82, 2.24) is 24.3 Å². The minimum Gasteiger partial charge on any atom is -0.496 e. The lowest BCUT2D eigenvalue weighted by Crippen LogP contribution is -2.12. The summed E-state index contributed by atoms with van der Waals surface area (Å²) in [6.07, 6.45) is 3.97. The van der Waals surface area contributed by atoms with Gasteiger partial charge in [-0.2, -0.15) is 0 Å². The third-order valence-corrected chi connectivity index (χ3v) is 4.75. The number of aromatic nitrogens is 5. The average Bonchev–Trinajstić information content (AvgIpc) is 3.23. The van der Waals surface area contributed by atoms with Gasteiger partial charge >= 0.3 is 0 Å². The average molecular weight is 352 g/mol. The molecule has 0 saturated heterocycles. The number of fused-ring (bicyclic) bond motifs is 1. The van der Waals surface area contributed by atoms with Crippen molar-refractivity contribution in [2.24, 2.45) is 0 Å². The van der Waals surface area contributed by atoms with Gasteiger partial charge in [0.05, 0.1) is 18.4 Å². The molecule has 2 N–H and O–H groups in total. The maximum Gasteiger partial charge on any atom is 0.210 e. The van der Waals surface area contributed by atoms with Gasteiger partial charge in [-0.15, -0.1) is 10.2 Å². The highest BCUT2D eigenvalue weighted by molar-refractivity contribution is 7.98. The predicted molar refractivity (Wildman–Crippen MR) is 96.9 cm³/mol. The third-order valence-electron chi connectivity index (χ3n) is 3.78. The Labute approximate surface area is 148 Å². The normalized spacial score (nSPS) is 11.1. The van der Waals surface area contributed by atoms with E-state index in [-0.39, 0.29) is 0 Å². The molecule has 0 aliphatic heterocycles. The molecule has 25 heavy (non-hydrogen) atoms. The van der Waals surface area contributed by atoms with E-state index in [4.69, 9.17) is 10.6 Å². The second kappa shape index (κ2) is 6.48. The van der Waals surface area contributed by atoms with E-state index >= 15 is 0 Å². The van der Waals surface area contributed by atoms with E-state index in [0.29, 0.717) is 22.5 Å². The summed E-state index contributed by atoms with van der Waals surface area (Å²) in [5, 5.41) is 9.03. The van der Waals surface area contributed by atoms with Gasteiger partial charge in [-0.05, 0) is 24.3 Å². The van der Waals surface area contributed by atoms with E-state index in [2.05, 4.69) is 15.2 Å². The van der Waals surface area contributed by atoms with Crippen molar-refractivity contribution in [3.8, 4) is 17.1 Å². The van der Waals surface area contributed by atoms with Gasteiger partial charge in [0.2, 0.25) is 5.16 Å². The molecule has 126 valence electrons. The highest BCUT2D eigenvalue weighted by Gasteiger charge is 2.16. The Bertz CT molecular complexity index is 992. The predicted octanol–water partition coefficient (Wildman–Crippen LogP) is 2.61. The van der Waals surface area contributed by atoms with Crippen LogP contribution in [0.1, 0.15) is 5.69 Å². The second-order valence-corrected chi connectivity index (χ2v) is 6.31. The molecule has 0 aliphatic rings. The Hall–Kier alpha value is -3.00. The summed E-state index contributed by atoms with van der Waals surface area (Å²) in [4.78, 5) is 4.57. The zero-order valence-electron chi connectivity index (χ0n) is 13.5. The Kier molecular flexibility index (Phi) is 4.02. The Morgan fingerprint density at radius 1 is 1.12 bits per heavy atom. The summed E-state index contributed by atoms with van der Waals surface area (Å²) >= 11 is 1.49. The second-order valence-electron chi connectivity index (χ2n) is 5.36. The third kappa shape index (κ3) is 2.91. The SMILES string of the molecule is COc1ccccc1-c1nnc(SCc2cn3ccccc3n2)n1N. The molecule has 0 bridgehead atoms. The van der Waals surface area contributed by atoms with Gasteiger partial charge in [-0.1, -0.05) is 30.0 Å². The molecular formula is C17H16N6OS. The van der Waals surface area contributed by atoms with Crippen molar-refractivity contribution < 1.29 is 4.74 Å². The summed E-state index contributed by atoms with van der Waals surface area (Å²) in [7, 11) is 1.62.